The van der Waals surface area contributed by atoms with E-state index in [9.17, 15) is 17.6 Å². The van der Waals surface area contributed by atoms with Crippen LogP contribution >= 0.6 is 0 Å². The molecule has 0 aliphatic heterocycles. The SMILES string of the molecule is COc1c(N)cc(S(=O)(=O)N(CC(N)=O)C(C)C)cc1F. The summed E-state index contributed by atoms with van der Waals surface area (Å²) in [4.78, 5) is 10.7. The van der Waals surface area contributed by atoms with Gasteiger partial charge in [-0.15, -0.1) is 0 Å². The van der Waals surface area contributed by atoms with Crippen LogP contribution in [0.25, 0.3) is 0 Å². The molecule has 1 aromatic rings. The van der Waals surface area contributed by atoms with Crippen molar-refractivity contribution >= 4 is 21.6 Å². The maximum Gasteiger partial charge on any atom is 0.243 e. The molecule has 0 unspecified atom stereocenters. The van der Waals surface area contributed by atoms with Crippen molar-refractivity contribution in [2.24, 2.45) is 5.73 Å². The Labute approximate surface area is 122 Å². The molecule has 0 heterocycles. The molecule has 9 heteroatoms. The number of hydrogen-bond donors (Lipinski definition) is 2. The zero-order chi connectivity index (χ0) is 16.4. The first kappa shape index (κ1) is 17.2. The third kappa shape index (κ3) is 3.61. The van der Waals surface area contributed by atoms with Crippen LogP contribution in [0.5, 0.6) is 5.75 Å². The molecule has 0 fully saturated rings. The summed E-state index contributed by atoms with van der Waals surface area (Å²) < 4.78 is 44.3. The van der Waals surface area contributed by atoms with E-state index in [4.69, 9.17) is 16.2 Å². The molecule has 1 aromatic carbocycles. The predicted octanol–water partition coefficient (Wildman–Crippen LogP) is 0.301. The van der Waals surface area contributed by atoms with E-state index in [1.807, 2.05) is 0 Å². The standard InChI is InChI=1S/C12H18FN3O4S/c1-7(2)16(6-11(15)17)21(18,19)8-4-9(13)12(20-3)10(14)5-8/h4-5,7H,6,14H2,1-3H3,(H2,15,17). The van der Waals surface area contributed by atoms with Crippen LogP contribution in [0.4, 0.5) is 10.1 Å². The quantitative estimate of drug-likeness (QED) is 0.732. The Balaban J connectivity index is 3.38. The third-order valence-corrected chi connectivity index (χ3v) is 4.74. The van der Waals surface area contributed by atoms with Crippen molar-refractivity contribution < 1.29 is 22.3 Å². The number of primary amides is 1. The summed E-state index contributed by atoms with van der Waals surface area (Å²) in [6.07, 6.45) is 0. The number of amides is 1. The molecule has 118 valence electrons. The van der Waals surface area contributed by atoms with Crippen LogP contribution in [0.2, 0.25) is 0 Å². The van der Waals surface area contributed by atoms with E-state index in [0.717, 1.165) is 16.4 Å². The number of anilines is 1. The van der Waals surface area contributed by atoms with E-state index in [1.54, 1.807) is 13.8 Å². The van der Waals surface area contributed by atoms with Gasteiger partial charge >= 0.3 is 0 Å². The first-order valence-corrected chi connectivity index (χ1v) is 7.48. The van der Waals surface area contributed by atoms with Gasteiger partial charge in [-0.25, -0.2) is 12.8 Å². The number of carbonyl (C=O) groups excluding carboxylic acids is 1. The molecule has 0 aliphatic rings. The molecule has 0 saturated carbocycles. The van der Waals surface area contributed by atoms with Gasteiger partial charge < -0.3 is 16.2 Å². The molecule has 0 atom stereocenters. The van der Waals surface area contributed by atoms with Crippen molar-refractivity contribution in [2.45, 2.75) is 24.8 Å². The summed E-state index contributed by atoms with van der Waals surface area (Å²) in [5, 5.41) is 0. The second kappa shape index (κ2) is 6.27. The Morgan fingerprint density at radius 1 is 1.43 bits per heavy atom. The van der Waals surface area contributed by atoms with E-state index in [2.05, 4.69) is 0 Å². The molecule has 0 bridgehead atoms. The lowest BCUT2D eigenvalue weighted by atomic mass is 10.3. The van der Waals surface area contributed by atoms with Crippen molar-refractivity contribution in [3.63, 3.8) is 0 Å². The van der Waals surface area contributed by atoms with Gasteiger partial charge in [0.2, 0.25) is 15.9 Å². The number of nitrogens with two attached hydrogens (primary N) is 2. The summed E-state index contributed by atoms with van der Waals surface area (Å²) >= 11 is 0. The van der Waals surface area contributed by atoms with Crippen molar-refractivity contribution in [1.29, 1.82) is 0 Å². The summed E-state index contributed by atoms with van der Waals surface area (Å²) in [5.74, 6) is -1.95. The molecule has 0 saturated heterocycles. The average Bonchev–Trinajstić information content (AvgIpc) is 2.34. The summed E-state index contributed by atoms with van der Waals surface area (Å²) in [7, 11) is -2.89. The molecule has 0 spiro atoms. The number of carbonyl (C=O) groups is 1. The molecular weight excluding hydrogens is 301 g/mol. The Morgan fingerprint density at radius 2 is 2.00 bits per heavy atom. The minimum atomic E-state index is -4.11. The molecule has 1 amide bonds. The fraction of sp³-hybridized carbons (Fsp3) is 0.417. The summed E-state index contributed by atoms with van der Waals surface area (Å²) in [6, 6.07) is 1.34. The fourth-order valence-electron chi connectivity index (χ4n) is 1.79. The van der Waals surface area contributed by atoms with Gasteiger partial charge in [-0.05, 0) is 26.0 Å². The number of sulfonamides is 1. The van der Waals surface area contributed by atoms with Crippen molar-refractivity contribution in [1.82, 2.24) is 4.31 Å². The molecule has 1 rings (SSSR count). The third-order valence-electron chi connectivity index (χ3n) is 2.74. The highest BCUT2D eigenvalue weighted by Crippen LogP contribution is 2.30. The summed E-state index contributed by atoms with van der Waals surface area (Å²) in [5.41, 5.74) is 10.5. The molecule has 0 aromatic heterocycles. The Hall–Kier alpha value is -1.87. The first-order chi connectivity index (χ1) is 9.61. The lowest BCUT2D eigenvalue weighted by Crippen LogP contribution is -2.42. The number of nitrogen functional groups attached to an aromatic ring is 1. The lowest BCUT2D eigenvalue weighted by Gasteiger charge is -2.24. The molecule has 7 nitrogen and oxygen atoms in total. The molecule has 0 aliphatic carbocycles. The molecule has 0 radical (unpaired) electrons. The van der Waals surface area contributed by atoms with E-state index in [1.165, 1.54) is 7.11 Å². The van der Waals surface area contributed by atoms with Crippen molar-refractivity contribution in [2.75, 3.05) is 19.4 Å². The van der Waals surface area contributed by atoms with E-state index in [-0.39, 0.29) is 16.3 Å². The van der Waals surface area contributed by atoms with Crippen molar-refractivity contribution in [3.8, 4) is 5.75 Å². The highest BCUT2D eigenvalue weighted by atomic mass is 32.2. The van der Waals surface area contributed by atoms with Gasteiger partial charge in [0.1, 0.15) is 0 Å². The van der Waals surface area contributed by atoms with E-state index >= 15 is 0 Å². The second-order valence-corrected chi connectivity index (χ2v) is 6.53. The van der Waals surface area contributed by atoms with Gasteiger partial charge in [-0.3, -0.25) is 4.79 Å². The topological polar surface area (TPSA) is 116 Å². The number of benzene rings is 1. The zero-order valence-electron chi connectivity index (χ0n) is 12.0. The van der Waals surface area contributed by atoms with Crippen LogP contribution in [0.1, 0.15) is 13.8 Å². The van der Waals surface area contributed by atoms with Crippen LogP contribution in [0.3, 0.4) is 0 Å². The largest absolute Gasteiger partial charge is 0.492 e. The maximum atomic E-state index is 13.8. The van der Waals surface area contributed by atoms with Crippen LogP contribution in [0, 0.1) is 5.82 Å². The van der Waals surface area contributed by atoms with E-state index < -0.39 is 34.3 Å². The van der Waals surface area contributed by atoms with Gasteiger partial charge in [-0.2, -0.15) is 4.31 Å². The second-order valence-electron chi connectivity index (χ2n) is 4.64. The van der Waals surface area contributed by atoms with E-state index in [0.29, 0.717) is 0 Å². The Bertz CT molecular complexity index is 623. The Morgan fingerprint density at radius 3 is 2.38 bits per heavy atom. The molecular formula is C12H18FN3O4S. The first-order valence-electron chi connectivity index (χ1n) is 6.04. The van der Waals surface area contributed by atoms with Gasteiger partial charge in [0.15, 0.2) is 11.6 Å². The van der Waals surface area contributed by atoms with Crippen LogP contribution in [-0.2, 0) is 14.8 Å². The van der Waals surface area contributed by atoms with Gasteiger partial charge in [0, 0.05) is 6.04 Å². The van der Waals surface area contributed by atoms with Gasteiger partial charge in [-0.1, -0.05) is 0 Å². The fourth-order valence-corrected chi connectivity index (χ4v) is 3.44. The lowest BCUT2D eigenvalue weighted by molar-refractivity contribution is -0.118. The number of ether oxygens (including phenoxy) is 1. The number of halogens is 1. The maximum absolute atomic E-state index is 13.8. The van der Waals surface area contributed by atoms with Crippen LogP contribution in [-0.4, -0.2) is 38.3 Å². The minimum Gasteiger partial charge on any atom is -0.492 e. The highest BCUT2D eigenvalue weighted by Gasteiger charge is 2.30. The molecule has 4 N–H and O–H groups in total. The predicted molar refractivity (Wildman–Crippen MR) is 75.6 cm³/mol. The zero-order valence-corrected chi connectivity index (χ0v) is 12.8. The minimum absolute atomic E-state index is 0.154. The highest BCUT2D eigenvalue weighted by molar-refractivity contribution is 7.89. The smallest absolute Gasteiger partial charge is 0.243 e. The van der Waals surface area contributed by atoms with Crippen molar-refractivity contribution in [3.05, 3.63) is 17.9 Å². The van der Waals surface area contributed by atoms with Crippen LogP contribution in [0.15, 0.2) is 17.0 Å². The average molecular weight is 319 g/mol. The van der Waals surface area contributed by atoms with Gasteiger partial charge in [0.25, 0.3) is 0 Å². The Kier molecular flexibility index (Phi) is 5.13. The van der Waals surface area contributed by atoms with Gasteiger partial charge in [0.05, 0.1) is 24.2 Å². The number of nitrogens with zero attached hydrogens (tertiary/aromatic N) is 1. The normalized spacial score (nSPS) is 11.9. The summed E-state index contributed by atoms with van der Waals surface area (Å²) in [6.45, 7) is 2.64. The van der Waals surface area contributed by atoms with Crippen LogP contribution < -0.4 is 16.2 Å². The number of rotatable bonds is 6. The monoisotopic (exact) mass is 319 g/mol. The number of methoxy groups -OCH3 is 1. The number of hydrogen-bond acceptors (Lipinski definition) is 5. The molecule has 21 heavy (non-hydrogen) atoms.